The lowest BCUT2D eigenvalue weighted by Gasteiger charge is -2.21. The molecule has 90 valence electrons. The average Bonchev–Trinajstić information content (AvgIpc) is 2.40. The van der Waals surface area contributed by atoms with Gasteiger partial charge in [-0.2, -0.15) is 0 Å². The van der Waals surface area contributed by atoms with Crippen LogP contribution in [0, 0.1) is 0 Å². The van der Waals surface area contributed by atoms with Gasteiger partial charge in [0.1, 0.15) is 0 Å². The Balaban J connectivity index is 2.23. The summed E-state index contributed by atoms with van der Waals surface area (Å²) < 4.78 is 0. The van der Waals surface area contributed by atoms with E-state index in [0.717, 1.165) is 19.3 Å². The lowest BCUT2D eigenvalue weighted by molar-refractivity contribution is 0.873. The van der Waals surface area contributed by atoms with E-state index in [-0.39, 0.29) is 0 Å². The Hall–Kier alpha value is -1.50. The van der Waals surface area contributed by atoms with Gasteiger partial charge in [0.2, 0.25) is 0 Å². The zero-order valence-corrected chi connectivity index (χ0v) is 10.7. The van der Waals surface area contributed by atoms with E-state index in [1.807, 2.05) is 0 Å². The number of anilines is 1. The first-order valence-corrected chi connectivity index (χ1v) is 6.55. The zero-order chi connectivity index (χ0) is 12.1. The molecule has 1 N–H and O–H groups in total. The van der Waals surface area contributed by atoms with Crippen molar-refractivity contribution in [3.63, 3.8) is 0 Å². The molecule has 0 radical (unpaired) electrons. The molecule has 0 aliphatic heterocycles. The monoisotopic (exact) mass is 227 g/mol. The van der Waals surface area contributed by atoms with Crippen LogP contribution in [-0.4, -0.2) is 6.04 Å². The number of para-hydroxylation sites is 1. The molecule has 1 aliphatic rings. The predicted molar refractivity (Wildman–Crippen MR) is 75.5 cm³/mol. The van der Waals surface area contributed by atoms with Gasteiger partial charge in [-0.25, -0.2) is 0 Å². The van der Waals surface area contributed by atoms with Crippen molar-refractivity contribution in [1.29, 1.82) is 0 Å². The molecule has 0 fully saturated rings. The van der Waals surface area contributed by atoms with Crippen LogP contribution in [0.1, 0.15) is 31.4 Å². The highest BCUT2D eigenvalue weighted by Gasteiger charge is 2.10. The average molecular weight is 227 g/mol. The van der Waals surface area contributed by atoms with Crippen LogP contribution in [-0.2, 0) is 12.8 Å². The summed E-state index contributed by atoms with van der Waals surface area (Å²) in [5, 5.41) is 3.68. The number of hydrogen-bond donors (Lipinski definition) is 1. The van der Waals surface area contributed by atoms with E-state index >= 15 is 0 Å². The summed E-state index contributed by atoms with van der Waals surface area (Å²) in [5.41, 5.74) is 4.20. The molecule has 1 aromatic carbocycles. The minimum absolute atomic E-state index is 0.443. The Morgan fingerprint density at radius 2 is 1.82 bits per heavy atom. The van der Waals surface area contributed by atoms with Gasteiger partial charge in [0.05, 0.1) is 0 Å². The highest BCUT2D eigenvalue weighted by molar-refractivity contribution is 5.59. The maximum absolute atomic E-state index is 3.68. The molecule has 0 saturated heterocycles. The van der Waals surface area contributed by atoms with Gasteiger partial charge in [0.25, 0.3) is 0 Å². The second kappa shape index (κ2) is 5.72. The second-order valence-corrected chi connectivity index (χ2v) is 4.46. The second-order valence-electron chi connectivity index (χ2n) is 4.46. The molecule has 0 spiro atoms. The van der Waals surface area contributed by atoms with Crippen molar-refractivity contribution >= 4 is 5.69 Å². The number of hydrogen-bond acceptors (Lipinski definition) is 1. The van der Waals surface area contributed by atoms with Crippen LogP contribution >= 0.6 is 0 Å². The maximum atomic E-state index is 3.68. The number of nitrogens with one attached hydrogen (secondary N) is 1. The third-order valence-electron chi connectivity index (χ3n) is 3.31. The molecule has 1 nitrogen and oxygen atoms in total. The normalized spacial score (nSPS) is 18.4. The molecule has 1 unspecified atom stereocenters. The lowest BCUT2D eigenvalue weighted by atomic mass is 10.0. The number of aryl methyl sites for hydroxylation is 2. The van der Waals surface area contributed by atoms with Crippen LogP contribution in [0.25, 0.3) is 0 Å². The fourth-order valence-electron chi connectivity index (χ4n) is 2.30. The minimum atomic E-state index is 0.443. The van der Waals surface area contributed by atoms with Crippen molar-refractivity contribution in [1.82, 2.24) is 0 Å². The first kappa shape index (κ1) is 12.0. The number of benzene rings is 1. The maximum Gasteiger partial charge on any atom is 0.0482 e. The van der Waals surface area contributed by atoms with E-state index in [0.29, 0.717) is 6.04 Å². The minimum Gasteiger partial charge on any atom is -0.378 e. The molecule has 17 heavy (non-hydrogen) atoms. The molecule has 0 saturated carbocycles. The molecule has 1 heteroatoms. The van der Waals surface area contributed by atoms with Crippen LogP contribution in [0.15, 0.2) is 42.5 Å². The van der Waals surface area contributed by atoms with E-state index < -0.39 is 0 Å². The molecular weight excluding hydrogens is 206 g/mol. The predicted octanol–water partition coefficient (Wildman–Crippen LogP) is 4.11. The van der Waals surface area contributed by atoms with Crippen molar-refractivity contribution in [3.05, 3.63) is 53.6 Å². The third-order valence-corrected chi connectivity index (χ3v) is 3.31. The van der Waals surface area contributed by atoms with Gasteiger partial charge in [-0.1, -0.05) is 56.4 Å². The quantitative estimate of drug-likeness (QED) is 0.816. The molecule has 0 bridgehead atoms. The van der Waals surface area contributed by atoms with Crippen molar-refractivity contribution in [3.8, 4) is 0 Å². The summed E-state index contributed by atoms with van der Waals surface area (Å²) in [6.07, 6.45) is 12.0. The Bertz CT molecular complexity index is 407. The Morgan fingerprint density at radius 1 is 1.12 bits per heavy atom. The SMILES string of the molecule is CCc1cccc(CC)c1NC1C=CC=CC1. The first-order valence-electron chi connectivity index (χ1n) is 6.55. The standard InChI is InChI=1S/C16H21N/c1-3-13-9-8-10-14(4-2)16(13)17-15-11-6-5-7-12-15/h5-11,15,17H,3-4,12H2,1-2H3. The van der Waals surface area contributed by atoms with Crippen molar-refractivity contribution in [2.24, 2.45) is 0 Å². The van der Waals surface area contributed by atoms with Gasteiger partial charge in [-0.3, -0.25) is 0 Å². The van der Waals surface area contributed by atoms with Gasteiger partial charge in [-0.15, -0.1) is 0 Å². The highest BCUT2D eigenvalue weighted by atomic mass is 14.9. The number of rotatable bonds is 4. The summed E-state index contributed by atoms with van der Waals surface area (Å²) >= 11 is 0. The van der Waals surface area contributed by atoms with E-state index in [1.165, 1.54) is 16.8 Å². The fraction of sp³-hybridized carbons (Fsp3) is 0.375. The Morgan fingerprint density at radius 3 is 2.35 bits per heavy atom. The van der Waals surface area contributed by atoms with Crippen molar-refractivity contribution in [2.45, 2.75) is 39.2 Å². The van der Waals surface area contributed by atoms with Crippen LogP contribution in [0.5, 0.6) is 0 Å². The topological polar surface area (TPSA) is 12.0 Å². The van der Waals surface area contributed by atoms with Crippen LogP contribution in [0.4, 0.5) is 5.69 Å². The third kappa shape index (κ3) is 2.79. The number of allylic oxidation sites excluding steroid dienone is 2. The van der Waals surface area contributed by atoms with Gasteiger partial charge in [-0.05, 0) is 30.4 Å². The van der Waals surface area contributed by atoms with E-state index in [4.69, 9.17) is 0 Å². The molecule has 0 amide bonds. The highest BCUT2D eigenvalue weighted by Crippen LogP contribution is 2.24. The van der Waals surface area contributed by atoms with E-state index in [1.54, 1.807) is 0 Å². The van der Waals surface area contributed by atoms with Crippen molar-refractivity contribution < 1.29 is 0 Å². The molecule has 0 aromatic heterocycles. The van der Waals surface area contributed by atoms with Crippen LogP contribution in [0.2, 0.25) is 0 Å². The summed E-state index contributed by atoms with van der Waals surface area (Å²) in [7, 11) is 0. The first-order chi connectivity index (χ1) is 8.35. The van der Waals surface area contributed by atoms with Gasteiger partial charge < -0.3 is 5.32 Å². The summed E-state index contributed by atoms with van der Waals surface area (Å²) in [6, 6.07) is 7.06. The summed E-state index contributed by atoms with van der Waals surface area (Å²) in [6.45, 7) is 4.44. The van der Waals surface area contributed by atoms with Crippen LogP contribution in [0.3, 0.4) is 0 Å². The molecule has 1 aromatic rings. The molecular formula is C16H21N. The van der Waals surface area contributed by atoms with Gasteiger partial charge >= 0.3 is 0 Å². The molecule has 0 heterocycles. The largest absolute Gasteiger partial charge is 0.378 e. The van der Waals surface area contributed by atoms with E-state index in [9.17, 15) is 0 Å². The van der Waals surface area contributed by atoms with Crippen LogP contribution < -0.4 is 5.32 Å². The molecule has 1 atom stereocenters. The zero-order valence-electron chi connectivity index (χ0n) is 10.7. The lowest BCUT2D eigenvalue weighted by Crippen LogP contribution is -2.19. The summed E-state index contributed by atoms with van der Waals surface area (Å²) in [5.74, 6) is 0. The fourth-order valence-corrected chi connectivity index (χ4v) is 2.30. The molecule has 1 aliphatic carbocycles. The molecule has 2 rings (SSSR count). The Labute approximate surface area is 104 Å². The smallest absolute Gasteiger partial charge is 0.0482 e. The van der Waals surface area contributed by atoms with Gasteiger partial charge in [0.15, 0.2) is 0 Å². The summed E-state index contributed by atoms with van der Waals surface area (Å²) in [4.78, 5) is 0. The van der Waals surface area contributed by atoms with Crippen molar-refractivity contribution in [2.75, 3.05) is 5.32 Å². The van der Waals surface area contributed by atoms with E-state index in [2.05, 4.69) is 61.7 Å². The van der Waals surface area contributed by atoms with Gasteiger partial charge in [0, 0.05) is 11.7 Å². The Kier molecular flexibility index (Phi) is 4.03.